The summed E-state index contributed by atoms with van der Waals surface area (Å²) in [6, 6.07) is 3.95. The van der Waals surface area contributed by atoms with Gasteiger partial charge in [-0.05, 0) is 44.4 Å². The van der Waals surface area contributed by atoms with Crippen molar-refractivity contribution < 1.29 is 14.0 Å². The molecule has 0 aliphatic carbocycles. The van der Waals surface area contributed by atoms with Crippen LogP contribution in [0.3, 0.4) is 0 Å². The molecule has 3 heterocycles. The van der Waals surface area contributed by atoms with E-state index in [0.717, 1.165) is 31.6 Å². The summed E-state index contributed by atoms with van der Waals surface area (Å²) in [5, 5.41) is 14.5. The number of aromatic nitrogens is 2. The summed E-state index contributed by atoms with van der Waals surface area (Å²) in [6.45, 7) is 3.77. The molecule has 0 aromatic carbocycles. The Morgan fingerprint density at radius 3 is 3.08 bits per heavy atom. The van der Waals surface area contributed by atoms with Crippen molar-refractivity contribution in [3.63, 3.8) is 0 Å². The van der Waals surface area contributed by atoms with Crippen LogP contribution in [-0.2, 0) is 13.0 Å². The number of aliphatic hydroxyl groups excluding tert-OH is 1. The molecule has 1 N–H and O–H groups in total. The standard InChI is InChI=1S/C18H27N3O3/c1-2-7-17-19-18(24-20-17)13-21-10-5-3-4-8-14(21)12-15(22)16-9-6-11-23-16/h6,9,11,14-15,22H,2-5,7-8,10,12-13H2,1H3. The maximum absolute atomic E-state index is 10.4. The maximum Gasteiger partial charge on any atom is 0.240 e. The fraction of sp³-hybridized carbons (Fsp3) is 0.667. The highest BCUT2D eigenvalue weighted by Crippen LogP contribution is 2.27. The van der Waals surface area contributed by atoms with Gasteiger partial charge in [0.15, 0.2) is 5.82 Å². The molecule has 0 spiro atoms. The van der Waals surface area contributed by atoms with Gasteiger partial charge in [0, 0.05) is 12.5 Å². The topological polar surface area (TPSA) is 75.5 Å². The van der Waals surface area contributed by atoms with Crippen LogP contribution in [0.25, 0.3) is 0 Å². The Labute approximate surface area is 142 Å². The number of likely N-dealkylation sites (tertiary alicyclic amines) is 1. The summed E-state index contributed by atoms with van der Waals surface area (Å²) in [6.07, 6.45) is 8.25. The molecule has 2 unspecified atom stereocenters. The number of hydrogen-bond donors (Lipinski definition) is 1. The van der Waals surface area contributed by atoms with Crippen molar-refractivity contribution in [1.82, 2.24) is 15.0 Å². The van der Waals surface area contributed by atoms with Crippen molar-refractivity contribution in [3.8, 4) is 0 Å². The number of furan rings is 1. The van der Waals surface area contributed by atoms with Crippen molar-refractivity contribution in [2.24, 2.45) is 0 Å². The molecule has 0 radical (unpaired) electrons. The lowest BCUT2D eigenvalue weighted by Gasteiger charge is -2.29. The predicted molar refractivity (Wildman–Crippen MR) is 89.2 cm³/mol. The van der Waals surface area contributed by atoms with Crippen LogP contribution in [0, 0.1) is 0 Å². The van der Waals surface area contributed by atoms with E-state index in [1.165, 1.54) is 19.3 Å². The third kappa shape index (κ3) is 4.45. The largest absolute Gasteiger partial charge is 0.467 e. The van der Waals surface area contributed by atoms with Gasteiger partial charge in [-0.2, -0.15) is 4.98 Å². The monoisotopic (exact) mass is 333 g/mol. The predicted octanol–water partition coefficient (Wildman–Crippen LogP) is 3.48. The Balaban J connectivity index is 1.65. The Kier molecular flexibility index (Phi) is 6.04. The molecule has 6 nitrogen and oxygen atoms in total. The summed E-state index contributed by atoms with van der Waals surface area (Å²) in [5.74, 6) is 2.11. The first-order valence-corrected chi connectivity index (χ1v) is 9.03. The molecule has 1 aliphatic heterocycles. The molecule has 3 rings (SSSR count). The zero-order valence-corrected chi connectivity index (χ0v) is 14.4. The van der Waals surface area contributed by atoms with Gasteiger partial charge < -0.3 is 14.0 Å². The van der Waals surface area contributed by atoms with Gasteiger partial charge in [-0.15, -0.1) is 0 Å². The number of aliphatic hydroxyl groups is 1. The molecule has 2 atom stereocenters. The highest BCUT2D eigenvalue weighted by Gasteiger charge is 2.26. The molecule has 6 heteroatoms. The normalized spacial score (nSPS) is 20.8. The van der Waals surface area contributed by atoms with Gasteiger partial charge in [0.05, 0.1) is 12.8 Å². The molecule has 132 valence electrons. The number of hydrogen-bond acceptors (Lipinski definition) is 6. The van der Waals surface area contributed by atoms with E-state index in [9.17, 15) is 5.11 Å². The maximum atomic E-state index is 10.4. The molecule has 1 aliphatic rings. The van der Waals surface area contributed by atoms with E-state index in [0.29, 0.717) is 30.7 Å². The fourth-order valence-corrected chi connectivity index (χ4v) is 3.42. The van der Waals surface area contributed by atoms with Gasteiger partial charge in [0.25, 0.3) is 0 Å². The van der Waals surface area contributed by atoms with Gasteiger partial charge in [0.1, 0.15) is 11.9 Å². The third-order valence-corrected chi connectivity index (χ3v) is 4.69. The molecule has 2 aromatic heterocycles. The van der Waals surface area contributed by atoms with Gasteiger partial charge in [-0.1, -0.05) is 24.9 Å². The van der Waals surface area contributed by atoms with E-state index in [-0.39, 0.29) is 0 Å². The summed E-state index contributed by atoms with van der Waals surface area (Å²) in [4.78, 5) is 6.87. The van der Waals surface area contributed by atoms with Crippen molar-refractivity contribution in [1.29, 1.82) is 0 Å². The second-order valence-electron chi connectivity index (χ2n) is 6.59. The average molecular weight is 333 g/mol. The van der Waals surface area contributed by atoms with Gasteiger partial charge in [-0.25, -0.2) is 0 Å². The number of aryl methyl sites for hydroxylation is 1. The molecule has 0 bridgehead atoms. The molecular formula is C18H27N3O3. The van der Waals surface area contributed by atoms with Crippen LogP contribution < -0.4 is 0 Å². The molecule has 0 amide bonds. The first-order valence-electron chi connectivity index (χ1n) is 9.03. The van der Waals surface area contributed by atoms with Crippen LogP contribution >= 0.6 is 0 Å². The SMILES string of the molecule is CCCc1noc(CN2CCCCCC2CC(O)c2ccco2)n1. The Morgan fingerprint density at radius 2 is 2.29 bits per heavy atom. The van der Waals surface area contributed by atoms with E-state index >= 15 is 0 Å². The number of rotatable bonds is 7. The lowest BCUT2D eigenvalue weighted by molar-refractivity contribution is 0.0779. The first-order chi connectivity index (χ1) is 11.8. The average Bonchev–Trinajstić information content (AvgIpc) is 3.20. The van der Waals surface area contributed by atoms with E-state index < -0.39 is 6.10 Å². The second-order valence-corrected chi connectivity index (χ2v) is 6.59. The van der Waals surface area contributed by atoms with Crippen LogP contribution in [0.15, 0.2) is 27.3 Å². The van der Waals surface area contributed by atoms with Gasteiger partial charge in [0.2, 0.25) is 5.89 Å². The Bertz CT molecular complexity index is 596. The third-order valence-electron chi connectivity index (χ3n) is 4.69. The fourth-order valence-electron chi connectivity index (χ4n) is 3.42. The van der Waals surface area contributed by atoms with Crippen molar-refractivity contribution >= 4 is 0 Å². The van der Waals surface area contributed by atoms with Crippen molar-refractivity contribution in [2.45, 2.75) is 70.6 Å². The zero-order chi connectivity index (χ0) is 16.8. The molecular weight excluding hydrogens is 306 g/mol. The molecule has 0 saturated carbocycles. The van der Waals surface area contributed by atoms with Crippen LogP contribution in [0.5, 0.6) is 0 Å². The van der Waals surface area contributed by atoms with Crippen LogP contribution in [0.2, 0.25) is 0 Å². The van der Waals surface area contributed by atoms with Crippen LogP contribution in [0.4, 0.5) is 0 Å². The summed E-state index contributed by atoms with van der Waals surface area (Å²) in [7, 11) is 0. The van der Waals surface area contributed by atoms with Gasteiger partial charge >= 0.3 is 0 Å². The molecule has 24 heavy (non-hydrogen) atoms. The Morgan fingerprint density at radius 1 is 1.38 bits per heavy atom. The number of nitrogens with zero attached hydrogens (tertiary/aromatic N) is 3. The second kappa shape index (κ2) is 8.44. The van der Waals surface area contributed by atoms with Crippen molar-refractivity contribution in [2.75, 3.05) is 6.54 Å². The lowest BCUT2D eigenvalue weighted by atomic mass is 10.0. The Hall–Kier alpha value is -1.66. The molecule has 1 saturated heterocycles. The highest BCUT2D eigenvalue weighted by atomic mass is 16.5. The summed E-state index contributed by atoms with van der Waals surface area (Å²) in [5.41, 5.74) is 0. The highest BCUT2D eigenvalue weighted by molar-refractivity contribution is 5.02. The van der Waals surface area contributed by atoms with E-state index in [4.69, 9.17) is 8.94 Å². The van der Waals surface area contributed by atoms with Crippen LogP contribution in [0.1, 0.15) is 69.0 Å². The quantitative estimate of drug-likeness (QED) is 0.836. The molecule has 2 aromatic rings. The minimum atomic E-state index is -0.566. The zero-order valence-electron chi connectivity index (χ0n) is 14.4. The first kappa shape index (κ1) is 17.2. The minimum absolute atomic E-state index is 0.300. The summed E-state index contributed by atoms with van der Waals surface area (Å²) < 4.78 is 10.7. The van der Waals surface area contributed by atoms with Gasteiger partial charge in [-0.3, -0.25) is 4.90 Å². The lowest BCUT2D eigenvalue weighted by Crippen LogP contribution is -2.35. The van der Waals surface area contributed by atoms with Crippen molar-refractivity contribution in [3.05, 3.63) is 35.9 Å². The van der Waals surface area contributed by atoms with E-state index in [2.05, 4.69) is 22.0 Å². The van der Waals surface area contributed by atoms with E-state index in [1.807, 2.05) is 12.1 Å². The summed E-state index contributed by atoms with van der Waals surface area (Å²) >= 11 is 0. The van der Waals surface area contributed by atoms with Crippen LogP contribution in [-0.4, -0.2) is 32.7 Å². The minimum Gasteiger partial charge on any atom is -0.467 e. The molecule has 1 fully saturated rings. The smallest absolute Gasteiger partial charge is 0.240 e. The van der Waals surface area contributed by atoms with E-state index in [1.54, 1.807) is 6.26 Å².